The Morgan fingerprint density at radius 3 is 2.84 bits per heavy atom. The van der Waals surface area contributed by atoms with E-state index in [1.54, 1.807) is 6.20 Å². The molecule has 0 amide bonds. The molecule has 1 aromatic carbocycles. The molecule has 2 aromatic rings. The summed E-state index contributed by atoms with van der Waals surface area (Å²) < 4.78 is 28.9. The van der Waals surface area contributed by atoms with E-state index in [1.165, 1.54) is 16.8 Å². The Labute approximate surface area is 117 Å². The molecule has 0 unspecified atom stereocenters. The summed E-state index contributed by atoms with van der Waals surface area (Å²) in [6, 6.07) is 2.52. The fraction of sp³-hybridized carbons (Fsp3) is 0.333. The van der Waals surface area contributed by atoms with Gasteiger partial charge >= 0.3 is 0 Å². The standard InChI is InChI=1S/C12H12BrF2N3O/c13-10-3-4-11(14)9(12(10)15)7-18-6-8(16-17-18)2-1-5-19/h3-4,6,19H,1-2,5,7H2. The number of hydrogen-bond acceptors (Lipinski definition) is 3. The molecular weight excluding hydrogens is 320 g/mol. The van der Waals surface area contributed by atoms with Gasteiger partial charge in [0.05, 0.1) is 16.7 Å². The Morgan fingerprint density at radius 1 is 1.32 bits per heavy atom. The molecule has 0 bridgehead atoms. The number of hydrogen-bond donors (Lipinski definition) is 1. The van der Waals surface area contributed by atoms with Crippen molar-refractivity contribution in [2.24, 2.45) is 0 Å². The van der Waals surface area contributed by atoms with Gasteiger partial charge in [-0.15, -0.1) is 5.10 Å². The first-order chi connectivity index (χ1) is 9.11. The third-order valence-electron chi connectivity index (χ3n) is 2.64. The number of aromatic nitrogens is 3. The van der Waals surface area contributed by atoms with E-state index in [0.717, 1.165) is 0 Å². The SMILES string of the molecule is OCCCc1cn(Cc2c(F)ccc(Br)c2F)nn1. The van der Waals surface area contributed by atoms with Crippen LogP contribution in [0.1, 0.15) is 17.7 Å². The smallest absolute Gasteiger partial charge is 0.145 e. The third kappa shape index (κ3) is 3.36. The van der Waals surface area contributed by atoms with Gasteiger partial charge in [-0.2, -0.15) is 0 Å². The molecule has 2 rings (SSSR count). The highest BCUT2D eigenvalue weighted by Crippen LogP contribution is 2.22. The molecule has 1 heterocycles. The minimum Gasteiger partial charge on any atom is -0.396 e. The maximum atomic E-state index is 13.8. The summed E-state index contributed by atoms with van der Waals surface area (Å²) in [5.74, 6) is -1.25. The van der Waals surface area contributed by atoms with Crippen molar-refractivity contribution >= 4 is 15.9 Å². The van der Waals surface area contributed by atoms with Crippen LogP contribution in [0.5, 0.6) is 0 Å². The van der Waals surface area contributed by atoms with E-state index in [-0.39, 0.29) is 23.2 Å². The minimum atomic E-state index is -0.632. The quantitative estimate of drug-likeness (QED) is 0.855. The van der Waals surface area contributed by atoms with Crippen LogP contribution in [0.2, 0.25) is 0 Å². The second kappa shape index (κ2) is 6.21. The van der Waals surface area contributed by atoms with Crippen LogP contribution in [0, 0.1) is 11.6 Å². The molecule has 0 radical (unpaired) electrons. The molecule has 0 saturated carbocycles. The lowest BCUT2D eigenvalue weighted by atomic mass is 10.2. The number of halogens is 3. The van der Waals surface area contributed by atoms with Crippen LogP contribution in [0.4, 0.5) is 8.78 Å². The molecule has 0 aliphatic heterocycles. The van der Waals surface area contributed by atoms with Crippen LogP contribution < -0.4 is 0 Å². The van der Waals surface area contributed by atoms with Crippen molar-refractivity contribution in [3.8, 4) is 0 Å². The van der Waals surface area contributed by atoms with Gasteiger partial charge in [-0.1, -0.05) is 5.21 Å². The number of benzene rings is 1. The van der Waals surface area contributed by atoms with Crippen molar-refractivity contribution in [3.63, 3.8) is 0 Å². The number of rotatable bonds is 5. The molecule has 0 atom stereocenters. The monoisotopic (exact) mass is 331 g/mol. The first-order valence-electron chi connectivity index (χ1n) is 5.74. The van der Waals surface area contributed by atoms with Gasteiger partial charge in [0.25, 0.3) is 0 Å². The molecular formula is C12H12BrF2N3O. The lowest BCUT2D eigenvalue weighted by Gasteiger charge is -2.05. The second-order valence-electron chi connectivity index (χ2n) is 4.06. The van der Waals surface area contributed by atoms with Gasteiger partial charge in [-0.25, -0.2) is 13.5 Å². The second-order valence-corrected chi connectivity index (χ2v) is 4.91. The molecule has 102 valence electrons. The number of aliphatic hydroxyl groups excluding tert-OH is 1. The van der Waals surface area contributed by atoms with E-state index < -0.39 is 11.6 Å². The highest BCUT2D eigenvalue weighted by Gasteiger charge is 2.13. The summed E-state index contributed by atoms with van der Waals surface area (Å²) in [6.45, 7) is 0.0466. The lowest BCUT2D eigenvalue weighted by molar-refractivity contribution is 0.288. The zero-order valence-electron chi connectivity index (χ0n) is 9.98. The summed E-state index contributed by atoms with van der Waals surface area (Å²) in [4.78, 5) is 0. The normalized spacial score (nSPS) is 10.9. The summed E-state index contributed by atoms with van der Waals surface area (Å²) in [5.41, 5.74) is 0.623. The zero-order chi connectivity index (χ0) is 13.8. The predicted octanol–water partition coefficient (Wildman–Crippen LogP) is 2.29. The summed E-state index contributed by atoms with van der Waals surface area (Å²) in [6.07, 6.45) is 2.79. The van der Waals surface area contributed by atoms with Crippen molar-refractivity contribution in [1.82, 2.24) is 15.0 Å². The topological polar surface area (TPSA) is 50.9 Å². The van der Waals surface area contributed by atoms with Gasteiger partial charge in [-0.05, 0) is 40.9 Å². The number of nitrogens with zero attached hydrogens (tertiary/aromatic N) is 3. The summed E-state index contributed by atoms with van der Waals surface area (Å²) in [7, 11) is 0. The molecule has 1 N–H and O–H groups in total. The molecule has 0 saturated heterocycles. The Hall–Kier alpha value is -1.34. The van der Waals surface area contributed by atoms with Crippen LogP contribution in [0.3, 0.4) is 0 Å². The van der Waals surface area contributed by atoms with Gasteiger partial charge in [0.1, 0.15) is 11.6 Å². The number of aliphatic hydroxyl groups is 1. The minimum absolute atomic E-state index is 0.0246. The van der Waals surface area contributed by atoms with Gasteiger partial charge in [0, 0.05) is 18.4 Å². The maximum Gasteiger partial charge on any atom is 0.145 e. The van der Waals surface area contributed by atoms with Crippen LogP contribution >= 0.6 is 15.9 Å². The fourth-order valence-corrected chi connectivity index (χ4v) is 2.04. The average molecular weight is 332 g/mol. The molecule has 0 aliphatic rings. The first-order valence-corrected chi connectivity index (χ1v) is 6.53. The van der Waals surface area contributed by atoms with Crippen molar-refractivity contribution in [3.05, 3.63) is 45.7 Å². The molecule has 7 heteroatoms. The fourth-order valence-electron chi connectivity index (χ4n) is 1.67. The van der Waals surface area contributed by atoms with Gasteiger partial charge < -0.3 is 5.11 Å². The van der Waals surface area contributed by atoms with E-state index >= 15 is 0 Å². The van der Waals surface area contributed by atoms with Gasteiger partial charge in [0.2, 0.25) is 0 Å². The Balaban J connectivity index is 2.17. The highest BCUT2D eigenvalue weighted by molar-refractivity contribution is 9.10. The molecule has 1 aromatic heterocycles. The average Bonchev–Trinajstić information content (AvgIpc) is 2.84. The Bertz CT molecular complexity index is 574. The lowest BCUT2D eigenvalue weighted by Crippen LogP contribution is -2.06. The molecule has 0 aliphatic carbocycles. The maximum absolute atomic E-state index is 13.8. The van der Waals surface area contributed by atoms with Gasteiger partial charge in [0.15, 0.2) is 0 Å². The van der Waals surface area contributed by atoms with E-state index in [2.05, 4.69) is 26.2 Å². The number of aryl methyl sites for hydroxylation is 1. The van der Waals surface area contributed by atoms with Crippen molar-refractivity contribution in [2.45, 2.75) is 19.4 Å². The van der Waals surface area contributed by atoms with E-state index in [0.29, 0.717) is 18.5 Å². The highest BCUT2D eigenvalue weighted by atomic mass is 79.9. The summed E-state index contributed by atoms with van der Waals surface area (Å²) in [5, 5.41) is 16.4. The van der Waals surface area contributed by atoms with Crippen molar-refractivity contribution in [2.75, 3.05) is 6.61 Å². The predicted molar refractivity (Wildman–Crippen MR) is 68.6 cm³/mol. The summed E-state index contributed by atoms with van der Waals surface area (Å²) >= 11 is 3.02. The molecule has 0 fully saturated rings. The van der Waals surface area contributed by atoms with Crippen LogP contribution in [-0.2, 0) is 13.0 Å². The molecule has 4 nitrogen and oxygen atoms in total. The largest absolute Gasteiger partial charge is 0.396 e. The van der Waals surface area contributed by atoms with Crippen LogP contribution in [0.15, 0.2) is 22.8 Å². The van der Waals surface area contributed by atoms with E-state index in [1.807, 2.05) is 0 Å². The Kier molecular flexibility index (Phi) is 4.60. The zero-order valence-corrected chi connectivity index (χ0v) is 11.6. The van der Waals surface area contributed by atoms with E-state index in [4.69, 9.17) is 5.11 Å². The molecule has 0 spiro atoms. The van der Waals surface area contributed by atoms with E-state index in [9.17, 15) is 8.78 Å². The molecule has 19 heavy (non-hydrogen) atoms. The third-order valence-corrected chi connectivity index (χ3v) is 3.25. The first kappa shape index (κ1) is 14.1. The van der Waals surface area contributed by atoms with Gasteiger partial charge in [-0.3, -0.25) is 0 Å². The van der Waals surface area contributed by atoms with Crippen LogP contribution in [0.25, 0.3) is 0 Å². The van der Waals surface area contributed by atoms with Crippen LogP contribution in [-0.4, -0.2) is 26.7 Å². The van der Waals surface area contributed by atoms with Crippen molar-refractivity contribution < 1.29 is 13.9 Å². The van der Waals surface area contributed by atoms with Crippen molar-refractivity contribution in [1.29, 1.82) is 0 Å². The Morgan fingerprint density at radius 2 is 2.11 bits per heavy atom.